The van der Waals surface area contributed by atoms with Crippen LogP contribution in [0.15, 0.2) is 24.3 Å². The molecule has 11 heavy (non-hydrogen) atoms. The average molecular weight is 161 g/mol. The van der Waals surface area contributed by atoms with Gasteiger partial charge in [-0.2, -0.15) is 13.2 Å². The highest BCUT2D eigenvalue weighted by Crippen LogP contribution is 2.29. The molecule has 0 fully saturated rings. The second-order valence-electron chi connectivity index (χ2n) is 2.08. The van der Waals surface area contributed by atoms with E-state index >= 15 is 0 Å². The van der Waals surface area contributed by atoms with Gasteiger partial charge >= 0.3 is 7.60 Å². The first kappa shape index (κ1) is 7.91. The molecule has 0 saturated heterocycles. The molecule has 0 saturated carbocycles. The zero-order valence-corrected chi connectivity index (χ0v) is 5.44. The minimum atomic E-state index is -4.30. The summed E-state index contributed by atoms with van der Waals surface area (Å²) in [6.45, 7) is 0. The molecule has 0 radical (unpaired) electrons. The normalized spacial score (nSPS) is 11.5. The summed E-state index contributed by atoms with van der Waals surface area (Å²) in [6, 6.07) is 4.01. The van der Waals surface area contributed by atoms with E-state index in [0.29, 0.717) is 0 Å². The number of rotatable bonds is 0. The van der Waals surface area contributed by atoms with Crippen LogP contribution in [0, 0.1) is 0 Å². The number of hydrogen-bond donors (Lipinski definition) is 0. The van der Waals surface area contributed by atoms with Crippen LogP contribution in [0.3, 0.4) is 0 Å². The second-order valence-corrected chi connectivity index (χ2v) is 2.08. The SMILES string of the molecule is [H+].[NH-]c1ccc(C(F)(F)F)cc1. The first-order valence-electron chi connectivity index (χ1n) is 2.89. The zero-order valence-electron chi connectivity index (χ0n) is 6.44. The van der Waals surface area contributed by atoms with Crippen LogP contribution in [0.2, 0.25) is 0 Å². The fourth-order valence-electron chi connectivity index (χ4n) is 0.659. The van der Waals surface area contributed by atoms with Crippen molar-refractivity contribution in [1.82, 2.24) is 0 Å². The summed E-state index contributed by atoms with van der Waals surface area (Å²) in [5.74, 6) is 0. The molecule has 0 unspecified atom stereocenters. The lowest BCUT2D eigenvalue weighted by Gasteiger charge is -2.07. The third-order valence-electron chi connectivity index (χ3n) is 1.21. The Bertz CT molecular complexity index is 242. The van der Waals surface area contributed by atoms with Gasteiger partial charge in [0, 0.05) is 0 Å². The maximum atomic E-state index is 11.9. The van der Waals surface area contributed by atoms with Gasteiger partial charge < -0.3 is 5.73 Å². The summed E-state index contributed by atoms with van der Waals surface area (Å²) >= 11 is 0. The molecule has 1 nitrogen and oxygen atoms in total. The van der Waals surface area contributed by atoms with Crippen LogP contribution in [0.25, 0.3) is 5.73 Å². The van der Waals surface area contributed by atoms with E-state index in [9.17, 15) is 13.2 Å². The van der Waals surface area contributed by atoms with E-state index in [1.54, 1.807) is 0 Å². The van der Waals surface area contributed by atoms with E-state index in [4.69, 9.17) is 5.73 Å². The van der Waals surface area contributed by atoms with Gasteiger partial charge in [0.25, 0.3) is 0 Å². The number of nitrogens with one attached hydrogen (secondary N) is 1. The predicted molar refractivity (Wildman–Crippen MR) is 36.5 cm³/mol. The Kier molecular flexibility index (Phi) is 1.76. The molecule has 0 heterocycles. The summed E-state index contributed by atoms with van der Waals surface area (Å²) in [6.07, 6.45) is -4.30. The van der Waals surface area contributed by atoms with Gasteiger partial charge in [-0.05, 0) is 0 Å². The van der Waals surface area contributed by atoms with E-state index in [0.717, 1.165) is 24.3 Å². The van der Waals surface area contributed by atoms with Crippen LogP contribution in [0.5, 0.6) is 0 Å². The standard InChI is InChI=1S/C7H5F3N/c8-7(9,10)5-1-3-6(11)4-2-5/h1-4,11H/q-1/p+1. The van der Waals surface area contributed by atoms with Crippen molar-refractivity contribution in [2.45, 2.75) is 6.18 Å². The molecular formula is C7H6F3N. The predicted octanol–water partition coefficient (Wildman–Crippen LogP) is 3.50. The zero-order chi connectivity index (χ0) is 8.48. The van der Waals surface area contributed by atoms with Gasteiger partial charge in [0.2, 0.25) is 0 Å². The Morgan fingerprint density at radius 2 is 1.55 bits per heavy atom. The van der Waals surface area contributed by atoms with E-state index < -0.39 is 11.7 Å². The van der Waals surface area contributed by atoms with Gasteiger partial charge in [-0.1, -0.05) is 24.3 Å². The lowest BCUT2D eigenvalue weighted by molar-refractivity contribution is -0.137. The van der Waals surface area contributed by atoms with Crippen LogP contribution in [0.4, 0.5) is 18.9 Å². The van der Waals surface area contributed by atoms with Gasteiger partial charge in [-0.15, -0.1) is 5.69 Å². The Hall–Kier alpha value is -1.19. The monoisotopic (exact) mass is 161 g/mol. The van der Waals surface area contributed by atoms with Crippen molar-refractivity contribution in [2.24, 2.45) is 0 Å². The van der Waals surface area contributed by atoms with Crippen molar-refractivity contribution in [3.63, 3.8) is 0 Å². The molecule has 0 spiro atoms. The number of hydrogen-bond acceptors (Lipinski definition) is 0. The molecule has 0 atom stereocenters. The molecule has 0 bridgehead atoms. The third-order valence-corrected chi connectivity index (χ3v) is 1.21. The average Bonchev–Trinajstić information content (AvgIpc) is 1.86. The summed E-state index contributed by atoms with van der Waals surface area (Å²) in [5.41, 5.74) is 6.30. The summed E-state index contributed by atoms with van der Waals surface area (Å²) < 4.78 is 35.6. The van der Waals surface area contributed by atoms with Crippen molar-refractivity contribution in [3.8, 4) is 0 Å². The number of benzene rings is 1. The summed E-state index contributed by atoms with van der Waals surface area (Å²) in [7, 11) is 0. The van der Waals surface area contributed by atoms with Crippen molar-refractivity contribution < 1.29 is 14.6 Å². The van der Waals surface area contributed by atoms with Gasteiger partial charge in [0.15, 0.2) is 0 Å². The summed E-state index contributed by atoms with van der Waals surface area (Å²) in [4.78, 5) is 0. The maximum absolute atomic E-state index is 11.9. The highest BCUT2D eigenvalue weighted by Gasteiger charge is 2.29. The highest BCUT2D eigenvalue weighted by atomic mass is 19.4. The van der Waals surface area contributed by atoms with E-state index in [1.165, 1.54) is 0 Å². The first-order valence-corrected chi connectivity index (χ1v) is 2.89. The van der Waals surface area contributed by atoms with Crippen molar-refractivity contribution in [3.05, 3.63) is 35.6 Å². The van der Waals surface area contributed by atoms with E-state index in [-0.39, 0.29) is 7.11 Å². The molecular weight excluding hydrogens is 155 g/mol. The number of halogens is 3. The third kappa shape index (κ3) is 1.86. The Balaban J connectivity index is 0.00000121. The van der Waals surface area contributed by atoms with Gasteiger partial charge in [-0.3, -0.25) is 0 Å². The van der Waals surface area contributed by atoms with Crippen molar-refractivity contribution >= 4 is 5.69 Å². The van der Waals surface area contributed by atoms with Gasteiger partial charge in [0.1, 0.15) is 0 Å². The quantitative estimate of drug-likeness (QED) is 0.556. The molecule has 60 valence electrons. The van der Waals surface area contributed by atoms with Crippen LogP contribution < -0.4 is 0 Å². The molecule has 0 aliphatic rings. The first-order chi connectivity index (χ1) is 5.00. The maximum Gasteiger partial charge on any atom is 1.00 e. The van der Waals surface area contributed by atoms with Crippen LogP contribution >= 0.6 is 0 Å². The molecule has 0 aliphatic carbocycles. The Morgan fingerprint density at radius 3 is 1.91 bits per heavy atom. The topological polar surface area (TPSA) is 23.8 Å². The molecule has 1 aromatic carbocycles. The Labute approximate surface area is 63.1 Å². The van der Waals surface area contributed by atoms with Gasteiger partial charge in [0.05, 0.1) is 5.56 Å². The van der Waals surface area contributed by atoms with Crippen LogP contribution in [0.1, 0.15) is 6.99 Å². The molecule has 0 aliphatic heterocycles. The van der Waals surface area contributed by atoms with Crippen LogP contribution in [-0.2, 0) is 6.18 Å². The molecule has 0 amide bonds. The molecule has 4 heteroatoms. The minimum Gasteiger partial charge on any atom is -0.699 e. The fraction of sp³-hybridized carbons (Fsp3) is 0.143. The van der Waals surface area contributed by atoms with Crippen molar-refractivity contribution in [1.29, 1.82) is 0 Å². The summed E-state index contributed by atoms with van der Waals surface area (Å²) in [5, 5.41) is 0. The molecule has 1 N–H and O–H groups in total. The lowest BCUT2D eigenvalue weighted by Crippen LogP contribution is -2.03. The smallest absolute Gasteiger partial charge is 0.699 e. The van der Waals surface area contributed by atoms with Crippen LogP contribution in [-0.4, -0.2) is 0 Å². The van der Waals surface area contributed by atoms with Crippen molar-refractivity contribution in [2.75, 3.05) is 0 Å². The lowest BCUT2D eigenvalue weighted by atomic mass is 10.2. The fourth-order valence-corrected chi connectivity index (χ4v) is 0.659. The minimum absolute atomic E-state index is 0. The van der Waals surface area contributed by atoms with Gasteiger partial charge in [-0.25, -0.2) is 0 Å². The molecule has 1 aromatic rings. The highest BCUT2D eigenvalue weighted by molar-refractivity contribution is 5.44. The Morgan fingerprint density at radius 1 is 1.09 bits per heavy atom. The second kappa shape index (κ2) is 2.45. The van der Waals surface area contributed by atoms with E-state index in [1.807, 2.05) is 0 Å². The molecule has 0 aromatic heterocycles. The number of alkyl halides is 3. The largest absolute Gasteiger partial charge is 1.00 e. The molecule has 1 rings (SSSR count). The van der Waals surface area contributed by atoms with E-state index in [2.05, 4.69) is 0 Å².